The first kappa shape index (κ1) is 17.1. The van der Waals surface area contributed by atoms with Crippen LogP contribution in [0.25, 0.3) is 0 Å². The van der Waals surface area contributed by atoms with Crippen LogP contribution in [-0.2, 0) is 16.8 Å². The Labute approximate surface area is 121 Å². The van der Waals surface area contributed by atoms with Gasteiger partial charge < -0.3 is 9.47 Å². The van der Waals surface area contributed by atoms with E-state index < -0.39 is 11.7 Å². The topological polar surface area (TPSA) is 18.5 Å². The SMILES string of the molecule is CCCCOCCOc1ccc(CCl)cc1C(F)(F)F. The lowest BCUT2D eigenvalue weighted by molar-refractivity contribution is -0.139. The molecule has 0 fully saturated rings. The summed E-state index contributed by atoms with van der Waals surface area (Å²) in [4.78, 5) is 0. The molecule has 0 aliphatic heterocycles. The molecule has 0 spiro atoms. The van der Waals surface area contributed by atoms with Gasteiger partial charge in [0, 0.05) is 12.5 Å². The fourth-order valence-corrected chi connectivity index (χ4v) is 1.73. The van der Waals surface area contributed by atoms with Crippen molar-refractivity contribution in [3.63, 3.8) is 0 Å². The van der Waals surface area contributed by atoms with Crippen molar-refractivity contribution in [3.8, 4) is 5.75 Å². The van der Waals surface area contributed by atoms with Gasteiger partial charge in [0.2, 0.25) is 0 Å². The third kappa shape index (κ3) is 5.59. The summed E-state index contributed by atoms with van der Waals surface area (Å²) in [5.74, 6) is -0.158. The van der Waals surface area contributed by atoms with Crippen LogP contribution in [-0.4, -0.2) is 19.8 Å². The predicted molar refractivity (Wildman–Crippen MR) is 72.2 cm³/mol. The molecule has 20 heavy (non-hydrogen) atoms. The molecular weight excluding hydrogens is 293 g/mol. The van der Waals surface area contributed by atoms with Gasteiger partial charge in [-0.25, -0.2) is 0 Å². The summed E-state index contributed by atoms with van der Waals surface area (Å²) in [6.45, 7) is 2.99. The average Bonchev–Trinajstić information content (AvgIpc) is 2.41. The first-order valence-corrected chi connectivity index (χ1v) is 6.99. The molecule has 0 aliphatic rings. The van der Waals surface area contributed by atoms with Crippen LogP contribution in [0.2, 0.25) is 0 Å². The molecule has 1 aromatic carbocycles. The van der Waals surface area contributed by atoms with Crippen molar-refractivity contribution in [2.45, 2.75) is 31.8 Å². The summed E-state index contributed by atoms with van der Waals surface area (Å²) in [6, 6.07) is 3.84. The summed E-state index contributed by atoms with van der Waals surface area (Å²) >= 11 is 5.55. The smallest absolute Gasteiger partial charge is 0.419 e. The fourth-order valence-electron chi connectivity index (χ4n) is 1.57. The highest BCUT2D eigenvalue weighted by Crippen LogP contribution is 2.37. The Balaban J connectivity index is 2.60. The summed E-state index contributed by atoms with van der Waals surface area (Å²) < 4.78 is 49.1. The van der Waals surface area contributed by atoms with Gasteiger partial charge in [0.05, 0.1) is 12.2 Å². The number of benzene rings is 1. The first-order chi connectivity index (χ1) is 9.49. The summed E-state index contributed by atoms with van der Waals surface area (Å²) in [5, 5.41) is 0. The van der Waals surface area contributed by atoms with Gasteiger partial charge in [-0.05, 0) is 24.1 Å². The highest BCUT2D eigenvalue weighted by molar-refractivity contribution is 6.17. The molecule has 0 unspecified atom stereocenters. The van der Waals surface area contributed by atoms with E-state index in [-0.39, 0.29) is 24.8 Å². The molecule has 0 bridgehead atoms. The van der Waals surface area contributed by atoms with Crippen LogP contribution in [0.15, 0.2) is 18.2 Å². The molecule has 2 nitrogen and oxygen atoms in total. The van der Waals surface area contributed by atoms with E-state index >= 15 is 0 Å². The Morgan fingerprint density at radius 2 is 1.90 bits per heavy atom. The molecule has 1 aromatic rings. The molecule has 0 atom stereocenters. The molecule has 0 saturated carbocycles. The monoisotopic (exact) mass is 310 g/mol. The molecule has 114 valence electrons. The minimum absolute atomic E-state index is 0.0312. The molecule has 0 heterocycles. The molecule has 0 saturated heterocycles. The van der Waals surface area contributed by atoms with E-state index in [0.717, 1.165) is 18.9 Å². The molecule has 0 aliphatic carbocycles. The van der Waals surface area contributed by atoms with Crippen molar-refractivity contribution in [1.82, 2.24) is 0 Å². The number of alkyl halides is 4. The van der Waals surface area contributed by atoms with Crippen molar-refractivity contribution in [1.29, 1.82) is 0 Å². The van der Waals surface area contributed by atoms with Gasteiger partial charge in [-0.2, -0.15) is 13.2 Å². The Kier molecular flexibility index (Phi) is 7.16. The maximum Gasteiger partial charge on any atom is 0.419 e. The second-order valence-corrected chi connectivity index (χ2v) is 4.54. The Morgan fingerprint density at radius 3 is 2.50 bits per heavy atom. The number of hydrogen-bond donors (Lipinski definition) is 0. The third-order valence-corrected chi connectivity index (χ3v) is 2.94. The van der Waals surface area contributed by atoms with Gasteiger partial charge in [-0.1, -0.05) is 19.4 Å². The van der Waals surface area contributed by atoms with Gasteiger partial charge in [-0.15, -0.1) is 11.6 Å². The lowest BCUT2D eigenvalue weighted by atomic mass is 10.1. The van der Waals surface area contributed by atoms with E-state index in [0.29, 0.717) is 12.2 Å². The van der Waals surface area contributed by atoms with Gasteiger partial charge in [0.1, 0.15) is 12.4 Å². The van der Waals surface area contributed by atoms with Gasteiger partial charge in [0.15, 0.2) is 0 Å². The fraction of sp³-hybridized carbons (Fsp3) is 0.571. The van der Waals surface area contributed by atoms with E-state index in [2.05, 4.69) is 0 Å². The van der Waals surface area contributed by atoms with E-state index in [4.69, 9.17) is 21.1 Å². The maximum atomic E-state index is 12.9. The number of rotatable bonds is 8. The largest absolute Gasteiger partial charge is 0.491 e. The zero-order valence-electron chi connectivity index (χ0n) is 11.3. The number of ether oxygens (including phenoxy) is 2. The maximum absolute atomic E-state index is 12.9. The lowest BCUT2D eigenvalue weighted by Crippen LogP contribution is -2.12. The predicted octanol–water partition coefficient (Wildman–Crippen LogP) is 4.64. The van der Waals surface area contributed by atoms with Crippen LogP contribution in [0.1, 0.15) is 30.9 Å². The van der Waals surface area contributed by atoms with E-state index in [9.17, 15) is 13.2 Å². The van der Waals surface area contributed by atoms with Crippen molar-refractivity contribution in [2.75, 3.05) is 19.8 Å². The second-order valence-electron chi connectivity index (χ2n) is 4.28. The average molecular weight is 311 g/mol. The molecule has 1 rings (SSSR count). The molecular formula is C14H18ClF3O2. The highest BCUT2D eigenvalue weighted by atomic mass is 35.5. The normalized spacial score (nSPS) is 11.7. The van der Waals surface area contributed by atoms with Crippen molar-refractivity contribution in [3.05, 3.63) is 29.3 Å². The molecule has 0 N–H and O–H groups in total. The van der Waals surface area contributed by atoms with Gasteiger partial charge in [-0.3, -0.25) is 0 Å². The van der Waals surface area contributed by atoms with E-state index in [1.165, 1.54) is 12.1 Å². The zero-order valence-corrected chi connectivity index (χ0v) is 12.1. The van der Waals surface area contributed by atoms with Crippen LogP contribution in [0, 0.1) is 0 Å². The zero-order chi connectivity index (χ0) is 15.0. The van der Waals surface area contributed by atoms with Crippen LogP contribution in [0.5, 0.6) is 5.75 Å². The summed E-state index contributed by atoms with van der Waals surface area (Å²) in [6.07, 6.45) is -2.52. The van der Waals surface area contributed by atoms with Crippen molar-refractivity contribution >= 4 is 11.6 Å². The highest BCUT2D eigenvalue weighted by Gasteiger charge is 2.34. The summed E-state index contributed by atoms with van der Waals surface area (Å²) in [7, 11) is 0. The minimum atomic E-state index is -4.46. The van der Waals surface area contributed by atoms with Crippen molar-refractivity contribution < 1.29 is 22.6 Å². The first-order valence-electron chi connectivity index (χ1n) is 6.45. The number of hydrogen-bond acceptors (Lipinski definition) is 2. The van der Waals surface area contributed by atoms with Crippen LogP contribution < -0.4 is 4.74 Å². The van der Waals surface area contributed by atoms with Gasteiger partial charge >= 0.3 is 6.18 Å². The Bertz CT molecular complexity index is 408. The third-order valence-electron chi connectivity index (χ3n) is 2.63. The summed E-state index contributed by atoms with van der Waals surface area (Å²) in [5.41, 5.74) is -0.394. The van der Waals surface area contributed by atoms with Crippen LogP contribution in [0.3, 0.4) is 0 Å². The number of halogens is 4. The standard InChI is InChI=1S/C14H18ClF3O2/c1-2-3-6-19-7-8-20-13-5-4-11(10-15)9-12(13)14(16,17)18/h4-5,9H,2-3,6-8,10H2,1H3. The van der Waals surface area contributed by atoms with Gasteiger partial charge in [0.25, 0.3) is 0 Å². The molecule has 0 radical (unpaired) electrons. The van der Waals surface area contributed by atoms with Crippen LogP contribution in [0.4, 0.5) is 13.2 Å². The molecule has 0 amide bonds. The van der Waals surface area contributed by atoms with E-state index in [1.807, 2.05) is 6.92 Å². The molecule has 0 aromatic heterocycles. The quantitative estimate of drug-likeness (QED) is 0.514. The van der Waals surface area contributed by atoms with E-state index in [1.54, 1.807) is 0 Å². The Hall–Kier alpha value is -0.940. The van der Waals surface area contributed by atoms with Crippen LogP contribution >= 0.6 is 11.6 Å². The Morgan fingerprint density at radius 1 is 1.15 bits per heavy atom. The lowest BCUT2D eigenvalue weighted by Gasteiger charge is -2.15. The molecule has 6 heteroatoms. The number of unbranched alkanes of at least 4 members (excludes halogenated alkanes) is 1. The van der Waals surface area contributed by atoms with Crippen molar-refractivity contribution in [2.24, 2.45) is 0 Å². The second kappa shape index (κ2) is 8.37. The minimum Gasteiger partial charge on any atom is -0.491 e.